The molecule has 1 fully saturated rings. The van der Waals surface area contributed by atoms with Gasteiger partial charge in [-0.25, -0.2) is 0 Å². The van der Waals surface area contributed by atoms with Crippen molar-refractivity contribution in [1.29, 1.82) is 0 Å². The van der Waals surface area contributed by atoms with Crippen molar-refractivity contribution in [3.8, 4) is 0 Å². The van der Waals surface area contributed by atoms with Crippen molar-refractivity contribution in [2.24, 2.45) is 0 Å². The van der Waals surface area contributed by atoms with E-state index < -0.39 is 0 Å². The lowest BCUT2D eigenvalue weighted by Gasteiger charge is -2.33. The molecule has 1 aliphatic heterocycles. The van der Waals surface area contributed by atoms with E-state index in [1.54, 1.807) is 23.1 Å². The van der Waals surface area contributed by atoms with E-state index in [0.717, 1.165) is 18.4 Å². The highest BCUT2D eigenvalue weighted by Crippen LogP contribution is 2.24. The first-order valence-electron chi connectivity index (χ1n) is 8.13. The fourth-order valence-corrected chi connectivity index (χ4v) is 3.63. The highest BCUT2D eigenvalue weighted by molar-refractivity contribution is 6.36. The summed E-state index contributed by atoms with van der Waals surface area (Å²) in [5.41, 5.74) is 1.50. The topological polar surface area (TPSA) is 29.5 Å². The maximum absolute atomic E-state index is 12.7. The highest BCUT2D eigenvalue weighted by Gasteiger charge is 2.26. The zero-order valence-corrected chi connectivity index (χ0v) is 15.8. The number of rotatable bonds is 4. The largest absolute Gasteiger partial charge is 0.372 e. The minimum absolute atomic E-state index is 0.00255. The lowest BCUT2D eigenvalue weighted by Crippen LogP contribution is -2.43. The molecule has 1 amide bonds. The molecule has 1 saturated heterocycles. The van der Waals surface area contributed by atoms with Gasteiger partial charge in [0.2, 0.25) is 0 Å². The first-order chi connectivity index (χ1) is 12.0. The van der Waals surface area contributed by atoms with Gasteiger partial charge in [-0.2, -0.15) is 0 Å². The molecule has 132 valence electrons. The van der Waals surface area contributed by atoms with Gasteiger partial charge >= 0.3 is 0 Å². The third-order valence-electron chi connectivity index (χ3n) is 4.20. The summed E-state index contributed by atoms with van der Waals surface area (Å²) in [5, 5.41) is 1.58. The number of carbonyl (C=O) groups is 1. The molecule has 6 heteroatoms. The first-order valence-corrected chi connectivity index (χ1v) is 9.26. The number of benzene rings is 2. The summed E-state index contributed by atoms with van der Waals surface area (Å²) in [5.74, 6) is -0.0854. The monoisotopic (exact) mass is 397 g/mol. The van der Waals surface area contributed by atoms with Crippen molar-refractivity contribution >= 4 is 40.7 Å². The molecular weight excluding hydrogens is 381 g/mol. The summed E-state index contributed by atoms with van der Waals surface area (Å²) < 4.78 is 5.98. The summed E-state index contributed by atoms with van der Waals surface area (Å²) in [6.45, 7) is 1.74. The van der Waals surface area contributed by atoms with E-state index in [2.05, 4.69) is 0 Å². The summed E-state index contributed by atoms with van der Waals surface area (Å²) in [6.07, 6.45) is 1.83. The Balaban J connectivity index is 1.61. The van der Waals surface area contributed by atoms with E-state index >= 15 is 0 Å². The van der Waals surface area contributed by atoms with Crippen LogP contribution in [0.5, 0.6) is 0 Å². The summed E-state index contributed by atoms with van der Waals surface area (Å²) in [7, 11) is 0. The Bertz CT molecular complexity index is 766. The molecule has 25 heavy (non-hydrogen) atoms. The Kier molecular flexibility index (Phi) is 6.24. The minimum atomic E-state index is -0.0854. The lowest BCUT2D eigenvalue weighted by molar-refractivity contribution is -0.00672. The maximum Gasteiger partial charge on any atom is 0.255 e. The lowest BCUT2D eigenvalue weighted by atomic mass is 10.1. The fourth-order valence-electron chi connectivity index (χ4n) is 2.93. The number of halogens is 3. The van der Waals surface area contributed by atoms with Crippen molar-refractivity contribution in [2.45, 2.75) is 25.6 Å². The average Bonchev–Trinajstić information content (AvgIpc) is 2.60. The number of likely N-dealkylation sites (tertiary alicyclic amines) is 1. The summed E-state index contributed by atoms with van der Waals surface area (Å²) in [6, 6.07) is 12.5. The first kappa shape index (κ1) is 18.5. The molecule has 2 aromatic rings. The minimum Gasteiger partial charge on any atom is -0.372 e. The molecule has 0 bridgehead atoms. The quantitative estimate of drug-likeness (QED) is 0.683. The second-order valence-corrected chi connectivity index (χ2v) is 7.36. The molecule has 3 rings (SSSR count). The van der Waals surface area contributed by atoms with Crippen LogP contribution < -0.4 is 0 Å². The van der Waals surface area contributed by atoms with E-state index in [-0.39, 0.29) is 12.0 Å². The van der Waals surface area contributed by atoms with Gasteiger partial charge in [0.25, 0.3) is 5.91 Å². The predicted molar refractivity (Wildman–Crippen MR) is 102 cm³/mol. The van der Waals surface area contributed by atoms with Crippen molar-refractivity contribution in [3.63, 3.8) is 0 Å². The zero-order valence-electron chi connectivity index (χ0n) is 13.6. The van der Waals surface area contributed by atoms with Gasteiger partial charge in [-0.1, -0.05) is 46.9 Å². The Hall–Kier alpha value is -1.26. The second kappa shape index (κ2) is 8.41. The molecule has 0 aliphatic carbocycles. The van der Waals surface area contributed by atoms with E-state index in [9.17, 15) is 4.79 Å². The van der Waals surface area contributed by atoms with Gasteiger partial charge in [0, 0.05) is 23.1 Å². The average molecular weight is 399 g/mol. The Morgan fingerprint density at radius 1 is 1.12 bits per heavy atom. The third kappa shape index (κ3) is 4.89. The van der Waals surface area contributed by atoms with Crippen molar-refractivity contribution in [1.82, 2.24) is 4.90 Å². The Morgan fingerprint density at radius 3 is 2.68 bits per heavy atom. The van der Waals surface area contributed by atoms with Crippen molar-refractivity contribution in [2.75, 3.05) is 13.1 Å². The summed E-state index contributed by atoms with van der Waals surface area (Å²) >= 11 is 18.1. The van der Waals surface area contributed by atoms with Gasteiger partial charge in [0.05, 0.1) is 23.3 Å². The van der Waals surface area contributed by atoms with Crippen LogP contribution in [0.25, 0.3) is 0 Å². The number of carbonyl (C=O) groups excluding carboxylic acids is 1. The van der Waals surface area contributed by atoms with Gasteiger partial charge < -0.3 is 9.64 Å². The van der Waals surface area contributed by atoms with Crippen molar-refractivity contribution in [3.05, 3.63) is 68.7 Å². The molecule has 0 saturated carbocycles. The number of hydrogen-bond donors (Lipinski definition) is 0. The molecule has 0 spiro atoms. The summed E-state index contributed by atoms with van der Waals surface area (Å²) in [4.78, 5) is 14.5. The number of hydrogen-bond acceptors (Lipinski definition) is 2. The fraction of sp³-hybridized carbons (Fsp3) is 0.316. The number of piperidine rings is 1. The highest BCUT2D eigenvalue weighted by atomic mass is 35.5. The molecule has 2 aromatic carbocycles. The third-order valence-corrected chi connectivity index (χ3v) is 4.98. The molecule has 0 N–H and O–H groups in total. The zero-order chi connectivity index (χ0) is 17.8. The predicted octanol–water partition coefficient (Wildman–Crippen LogP) is 5.47. The molecule has 1 unspecified atom stereocenters. The van der Waals surface area contributed by atoms with E-state index in [1.165, 1.54) is 0 Å². The van der Waals surface area contributed by atoms with Crippen molar-refractivity contribution < 1.29 is 9.53 Å². The Morgan fingerprint density at radius 2 is 1.92 bits per heavy atom. The van der Waals surface area contributed by atoms with Gasteiger partial charge in [0.15, 0.2) is 0 Å². The number of amides is 1. The van der Waals surface area contributed by atoms with Crippen LogP contribution in [0.15, 0.2) is 42.5 Å². The van der Waals surface area contributed by atoms with E-state index in [4.69, 9.17) is 39.5 Å². The molecule has 0 radical (unpaired) electrons. The SMILES string of the molecule is O=C(c1ccc(Cl)cc1Cl)N1CCCC(OCc2cccc(Cl)c2)C1. The second-order valence-electron chi connectivity index (χ2n) is 6.08. The van der Waals surface area contributed by atoms with Crippen LogP contribution >= 0.6 is 34.8 Å². The molecular formula is C19H18Cl3NO2. The van der Waals surface area contributed by atoms with E-state index in [0.29, 0.717) is 40.3 Å². The molecule has 3 nitrogen and oxygen atoms in total. The van der Waals surface area contributed by atoms with E-state index in [1.807, 2.05) is 24.3 Å². The maximum atomic E-state index is 12.7. The van der Waals surface area contributed by atoms with Crippen LogP contribution in [0.4, 0.5) is 0 Å². The van der Waals surface area contributed by atoms with Crippen LogP contribution in [0.3, 0.4) is 0 Å². The number of ether oxygens (including phenoxy) is 1. The van der Waals surface area contributed by atoms with Gasteiger partial charge in [0.1, 0.15) is 0 Å². The van der Waals surface area contributed by atoms with Crippen LogP contribution in [0, 0.1) is 0 Å². The standard InChI is InChI=1S/C19H18Cl3NO2/c20-14-4-1-3-13(9-14)12-25-16-5-2-8-23(11-16)19(24)17-7-6-15(21)10-18(17)22/h1,3-4,6-7,9-10,16H,2,5,8,11-12H2. The van der Waals surface area contributed by atoms with Gasteiger partial charge in [-0.15, -0.1) is 0 Å². The smallest absolute Gasteiger partial charge is 0.255 e. The molecule has 1 aliphatic rings. The van der Waals surface area contributed by atoms with Gasteiger partial charge in [-0.3, -0.25) is 4.79 Å². The van der Waals surface area contributed by atoms with Crippen LogP contribution in [-0.2, 0) is 11.3 Å². The van der Waals surface area contributed by atoms with Crippen LogP contribution in [0.2, 0.25) is 15.1 Å². The van der Waals surface area contributed by atoms with Crippen LogP contribution in [-0.4, -0.2) is 30.0 Å². The number of nitrogens with zero attached hydrogens (tertiary/aromatic N) is 1. The Labute approximate surface area is 162 Å². The molecule has 1 heterocycles. The molecule has 1 atom stereocenters. The molecule has 0 aromatic heterocycles. The normalized spacial score (nSPS) is 17.6. The van der Waals surface area contributed by atoms with Gasteiger partial charge in [-0.05, 0) is 48.7 Å². The van der Waals surface area contributed by atoms with Crippen LogP contribution in [0.1, 0.15) is 28.8 Å².